The Balaban J connectivity index is 2.00. The molecule has 0 aliphatic heterocycles. The van der Waals surface area contributed by atoms with Crippen molar-refractivity contribution in [1.82, 2.24) is 0 Å². The zero-order chi connectivity index (χ0) is 12.8. The molecule has 0 bridgehead atoms. The predicted molar refractivity (Wildman–Crippen MR) is 71.8 cm³/mol. The predicted octanol–water partition coefficient (Wildman–Crippen LogP) is 3.76. The molecule has 1 N–H and O–H groups in total. The molecule has 0 radical (unpaired) electrons. The van der Waals surface area contributed by atoms with Gasteiger partial charge in [-0.1, -0.05) is 36.8 Å². The lowest BCUT2D eigenvalue weighted by atomic mass is 9.81. The Bertz CT molecular complexity index is 409. The maximum absolute atomic E-state index is 10.9. The minimum absolute atomic E-state index is 0.360. The molecule has 96 valence electrons. The second-order valence-electron chi connectivity index (χ2n) is 5.28. The molecular formula is C16H21NO. The van der Waals surface area contributed by atoms with E-state index in [1.54, 1.807) is 0 Å². The van der Waals surface area contributed by atoms with Crippen LogP contribution < -0.4 is 0 Å². The molecule has 18 heavy (non-hydrogen) atoms. The van der Waals surface area contributed by atoms with Gasteiger partial charge < -0.3 is 5.11 Å². The Morgan fingerprint density at radius 2 is 2.06 bits per heavy atom. The quantitative estimate of drug-likeness (QED) is 0.800. The van der Waals surface area contributed by atoms with Gasteiger partial charge in [0, 0.05) is 6.42 Å². The number of nitrogens with zero attached hydrogens (tertiary/aromatic N) is 1. The summed E-state index contributed by atoms with van der Waals surface area (Å²) in [6.07, 6.45) is 6.76. The molecule has 2 atom stereocenters. The third-order valence-corrected chi connectivity index (χ3v) is 4.15. The molecule has 1 aromatic carbocycles. The van der Waals surface area contributed by atoms with E-state index in [9.17, 15) is 5.11 Å². The molecule has 2 unspecified atom stereocenters. The topological polar surface area (TPSA) is 44.0 Å². The van der Waals surface area contributed by atoms with Crippen LogP contribution in [-0.2, 0) is 5.60 Å². The van der Waals surface area contributed by atoms with Crippen molar-refractivity contribution in [2.24, 2.45) is 5.92 Å². The first-order chi connectivity index (χ1) is 8.77. The van der Waals surface area contributed by atoms with E-state index in [1.807, 2.05) is 30.3 Å². The highest BCUT2D eigenvalue weighted by Gasteiger charge is 2.41. The van der Waals surface area contributed by atoms with E-state index in [0.717, 1.165) is 44.1 Å². The highest BCUT2D eigenvalue weighted by molar-refractivity contribution is 5.24. The fourth-order valence-corrected chi connectivity index (χ4v) is 3.15. The van der Waals surface area contributed by atoms with Crippen LogP contribution in [0.4, 0.5) is 0 Å². The van der Waals surface area contributed by atoms with Crippen LogP contribution in [-0.4, -0.2) is 5.11 Å². The van der Waals surface area contributed by atoms with Crippen LogP contribution >= 0.6 is 0 Å². The summed E-state index contributed by atoms with van der Waals surface area (Å²) in [6, 6.07) is 12.2. The minimum atomic E-state index is -0.631. The lowest BCUT2D eigenvalue weighted by Gasteiger charge is -2.30. The van der Waals surface area contributed by atoms with Crippen LogP contribution in [0.3, 0.4) is 0 Å². The standard InChI is InChI=1S/C16H21NO/c17-13-6-2-5-10-15-11-7-12-16(15,18)14-8-3-1-4-9-14/h1,3-4,8-9,15,18H,2,5-7,10-12H2. The molecule has 1 aliphatic carbocycles. The Morgan fingerprint density at radius 1 is 1.28 bits per heavy atom. The van der Waals surface area contributed by atoms with E-state index < -0.39 is 5.60 Å². The summed E-state index contributed by atoms with van der Waals surface area (Å²) >= 11 is 0. The second kappa shape index (κ2) is 6.02. The molecule has 1 aliphatic rings. The van der Waals surface area contributed by atoms with Crippen molar-refractivity contribution in [2.45, 2.75) is 50.5 Å². The fourth-order valence-electron chi connectivity index (χ4n) is 3.15. The van der Waals surface area contributed by atoms with Crippen molar-refractivity contribution >= 4 is 0 Å². The Morgan fingerprint density at radius 3 is 2.78 bits per heavy atom. The third kappa shape index (κ3) is 2.73. The molecule has 2 rings (SSSR count). The van der Waals surface area contributed by atoms with Gasteiger partial charge >= 0.3 is 0 Å². The van der Waals surface area contributed by atoms with Crippen molar-refractivity contribution < 1.29 is 5.11 Å². The van der Waals surface area contributed by atoms with Gasteiger partial charge in [-0.3, -0.25) is 0 Å². The fraction of sp³-hybridized carbons (Fsp3) is 0.562. The summed E-state index contributed by atoms with van der Waals surface area (Å²) in [7, 11) is 0. The van der Waals surface area contributed by atoms with E-state index in [1.165, 1.54) is 0 Å². The van der Waals surface area contributed by atoms with Crippen LogP contribution in [0, 0.1) is 17.2 Å². The zero-order valence-electron chi connectivity index (χ0n) is 10.8. The smallest absolute Gasteiger partial charge is 0.0924 e. The molecule has 2 nitrogen and oxygen atoms in total. The van der Waals surface area contributed by atoms with E-state index in [-0.39, 0.29) is 0 Å². The first-order valence-corrected chi connectivity index (χ1v) is 6.92. The van der Waals surface area contributed by atoms with E-state index in [4.69, 9.17) is 5.26 Å². The van der Waals surface area contributed by atoms with E-state index >= 15 is 0 Å². The molecule has 1 fully saturated rings. The van der Waals surface area contributed by atoms with Crippen molar-refractivity contribution in [3.05, 3.63) is 35.9 Å². The number of nitriles is 1. The number of benzene rings is 1. The highest BCUT2D eigenvalue weighted by Crippen LogP contribution is 2.45. The molecule has 0 aromatic heterocycles. The minimum Gasteiger partial charge on any atom is -0.385 e. The average Bonchev–Trinajstić information content (AvgIpc) is 2.79. The van der Waals surface area contributed by atoms with Crippen LogP contribution in [0.25, 0.3) is 0 Å². The summed E-state index contributed by atoms with van der Waals surface area (Å²) in [5.74, 6) is 0.360. The molecule has 0 heterocycles. The van der Waals surface area contributed by atoms with Gasteiger partial charge in [0.2, 0.25) is 0 Å². The normalized spacial score (nSPS) is 27.0. The molecule has 0 amide bonds. The van der Waals surface area contributed by atoms with Crippen molar-refractivity contribution in [2.75, 3.05) is 0 Å². The highest BCUT2D eigenvalue weighted by atomic mass is 16.3. The van der Waals surface area contributed by atoms with Crippen LogP contribution in [0.1, 0.15) is 50.5 Å². The Hall–Kier alpha value is -1.33. The maximum Gasteiger partial charge on any atom is 0.0924 e. The van der Waals surface area contributed by atoms with Gasteiger partial charge in [-0.2, -0.15) is 5.26 Å². The van der Waals surface area contributed by atoms with Gasteiger partial charge in [0.05, 0.1) is 11.7 Å². The number of unbranched alkanes of at least 4 members (excludes halogenated alkanes) is 2. The Labute approximate surface area is 109 Å². The molecule has 0 saturated heterocycles. The lowest BCUT2D eigenvalue weighted by Crippen LogP contribution is -2.30. The summed E-state index contributed by atoms with van der Waals surface area (Å²) < 4.78 is 0. The van der Waals surface area contributed by atoms with Crippen molar-refractivity contribution in [1.29, 1.82) is 5.26 Å². The van der Waals surface area contributed by atoms with E-state index in [0.29, 0.717) is 12.3 Å². The molecule has 0 spiro atoms. The number of hydrogen-bond acceptors (Lipinski definition) is 2. The third-order valence-electron chi connectivity index (χ3n) is 4.15. The average molecular weight is 243 g/mol. The summed E-state index contributed by atoms with van der Waals surface area (Å²) in [4.78, 5) is 0. The zero-order valence-corrected chi connectivity index (χ0v) is 10.8. The number of aliphatic hydroxyl groups is 1. The molecular weight excluding hydrogens is 222 g/mol. The summed E-state index contributed by atoms with van der Waals surface area (Å²) in [6.45, 7) is 0. The summed E-state index contributed by atoms with van der Waals surface area (Å²) in [5, 5.41) is 19.5. The van der Waals surface area contributed by atoms with Gasteiger partial charge in [0.25, 0.3) is 0 Å². The SMILES string of the molecule is N#CCCCCC1CCCC1(O)c1ccccc1. The van der Waals surface area contributed by atoms with Gasteiger partial charge in [-0.05, 0) is 43.6 Å². The van der Waals surface area contributed by atoms with Crippen molar-refractivity contribution in [3.63, 3.8) is 0 Å². The van der Waals surface area contributed by atoms with Gasteiger partial charge in [0.15, 0.2) is 0 Å². The monoisotopic (exact) mass is 243 g/mol. The first-order valence-electron chi connectivity index (χ1n) is 6.92. The van der Waals surface area contributed by atoms with Crippen LogP contribution in [0.2, 0.25) is 0 Å². The lowest BCUT2D eigenvalue weighted by molar-refractivity contribution is -0.00648. The van der Waals surface area contributed by atoms with Crippen LogP contribution in [0.15, 0.2) is 30.3 Å². The molecule has 2 heteroatoms. The van der Waals surface area contributed by atoms with Crippen LogP contribution in [0.5, 0.6) is 0 Å². The summed E-state index contributed by atoms with van der Waals surface area (Å²) in [5.41, 5.74) is 0.432. The first kappa shape index (κ1) is 13.1. The van der Waals surface area contributed by atoms with Gasteiger partial charge in [-0.25, -0.2) is 0 Å². The van der Waals surface area contributed by atoms with Gasteiger partial charge in [-0.15, -0.1) is 0 Å². The number of rotatable bonds is 5. The number of hydrogen-bond donors (Lipinski definition) is 1. The van der Waals surface area contributed by atoms with Gasteiger partial charge in [0.1, 0.15) is 0 Å². The maximum atomic E-state index is 10.9. The van der Waals surface area contributed by atoms with Crippen molar-refractivity contribution in [3.8, 4) is 6.07 Å². The molecule has 1 aromatic rings. The van der Waals surface area contributed by atoms with E-state index in [2.05, 4.69) is 6.07 Å². The second-order valence-corrected chi connectivity index (χ2v) is 5.28. The largest absolute Gasteiger partial charge is 0.385 e. The molecule has 1 saturated carbocycles. The Kier molecular flexibility index (Phi) is 4.38.